The lowest BCUT2D eigenvalue weighted by Gasteiger charge is -2.32. The van der Waals surface area contributed by atoms with Crippen LogP contribution < -0.4 is 5.73 Å². The van der Waals surface area contributed by atoms with Gasteiger partial charge in [0.2, 0.25) is 0 Å². The summed E-state index contributed by atoms with van der Waals surface area (Å²) in [5, 5.41) is 4.30. The summed E-state index contributed by atoms with van der Waals surface area (Å²) in [4.78, 5) is 6.59. The molecule has 5 nitrogen and oxygen atoms in total. The molecule has 0 aromatic carbocycles. The first kappa shape index (κ1) is 11.5. The fourth-order valence-corrected chi connectivity index (χ4v) is 2.32. The van der Waals surface area contributed by atoms with Gasteiger partial charge < -0.3 is 10.6 Å². The second kappa shape index (κ2) is 5.41. The number of hydrogen-bond acceptors (Lipinski definition) is 4. The highest BCUT2D eigenvalue weighted by atomic mass is 15.3. The van der Waals surface area contributed by atoms with Crippen LogP contribution in [-0.4, -0.2) is 39.3 Å². The molecule has 0 saturated carbocycles. The van der Waals surface area contributed by atoms with Gasteiger partial charge in [0.15, 0.2) is 5.82 Å². The van der Waals surface area contributed by atoms with Crippen LogP contribution in [0.25, 0.3) is 0 Å². The van der Waals surface area contributed by atoms with Gasteiger partial charge in [-0.2, -0.15) is 5.10 Å². The number of rotatable bonds is 4. The van der Waals surface area contributed by atoms with Crippen molar-refractivity contribution < 1.29 is 0 Å². The Labute approximate surface area is 96.6 Å². The summed E-state index contributed by atoms with van der Waals surface area (Å²) < 4.78 is 1.91. The Kier molecular flexibility index (Phi) is 3.90. The first-order valence-electron chi connectivity index (χ1n) is 6.08. The van der Waals surface area contributed by atoms with E-state index in [1.807, 2.05) is 4.68 Å². The number of nitrogens with two attached hydrogens (primary N) is 1. The lowest BCUT2D eigenvalue weighted by Crippen LogP contribution is -2.36. The maximum absolute atomic E-state index is 5.48. The molecule has 2 N–H and O–H groups in total. The third-order valence-electron chi connectivity index (χ3n) is 3.38. The zero-order chi connectivity index (χ0) is 11.4. The molecule has 0 bridgehead atoms. The lowest BCUT2D eigenvalue weighted by molar-refractivity contribution is 0.169. The van der Waals surface area contributed by atoms with E-state index in [0.29, 0.717) is 12.6 Å². The minimum absolute atomic E-state index is 0.427. The third-order valence-corrected chi connectivity index (χ3v) is 3.38. The first-order chi connectivity index (χ1) is 7.79. The van der Waals surface area contributed by atoms with E-state index in [1.165, 1.54) is 25.8 Å². The van der Waals surface area contributed by atoms with E-state index < -0.39 is 0 Å². The van der Waals surface area contributed by atoms with Crippen LogP contribution in [0.2, 0.25) is 0 Å². The van der Waals surface area contributed by atoms with E-state index in [2.05, 4.69) is 22.0 Å². The molecule has 1 fully saturated rings. The zero-order valence-corrected chi connectivity index (χ0v) is 9.97. The number of aromatic nitrogens is 3. The average molecular weight is 223 g/mol. The monoisotopic (exact) mass is 223 g/mol. The fraction of sp³-hybridized carbons (Fsp3) is 0.818. The fourth-order valence-electron chi connectivity index (χ4n) is 2.32. The number of likely N-dealkylation sites (tertiary alicyclic amines) is 1. The Balaban J connectivity index is 1.81. The molecular formula is C11H21N5. The van der Waals surface area contributed by atoms with Crippen molar-refractivity contribution in [3.63, 3.8) is 0 Å². The SMILES string of the molecule is CN1CCCCC1CCn1cnc(CN)n1. The van der Waals surface area contributed by atoms with Gasteiger partial charge in [0.25, 0.3) is 0 Å². The van der Waals surface area contributed by atoms with Crippen molar-refractivity contribution in [3.05, 3.63) is 12.2 Å². The van der Waals surface area contributed by atoms with Crippen molar-refractivity contribution in [2.45, 2.75) is 44.8 Å². The molecule has 90 valence electrons. The molecule has 1 aliphatic rings. The Morgan fingerprint density at radius 2 is 2.38 bits per heavy atom. The second-order valence-corrected chi connectivity index (χ2v) is 4.55. The van der Waals surface area contributed by atoms with Crippen molar-refractivity contribution in [3.8, 4) is 0 Å². The minimum atomic E-state index is 0.427. The molecule has 1 aliphatic heterocycles. The van der Waals surface area contributed by atoms with Gasteiger partial charge in [0.05, 0.1) is 6.54 Å². The molecular weight excluding hydrogens is 202 g/mol. The average Bonchev–Trinajstić information content (AvgIpc) is 2.76. The number of hydrogen-bond donors (Lipinski definition) is 1. The third kappa shape index (κ3) is 2.80. The van der Waals surface area contributed by atoms with E-state index in [0.717, 1.165) is 18.8 Å². The minimum Gasteiger partial charge on any atom is -0.324 e. The summed E-state index contributed by atoms with van der Waals surface area (Å²) >= 11 is 0. The quantitative estimate of drug-likeness (QED) is 0.812. The Hall–Kier alpha value is -0.940. The predicted molar refractivity (Wildman–Crippen MR) is 62.8 cm³/mol. The van der Waals surface area contributed by atoms with Crippen LogP contribution in [0.3, 0.4) is 0 Å². The zero-order valence-electron chi connectivity index (χ0n) is 9.97. The number of piperidine rings is 1. The van der Waals surface area contributed by atoms with E-state index in [-0.39, 0.29) is 0 Å². The molecule has 0 amide bonds. The van der Waals surface area contributed by atoms with Gasteiger partial charge >= 0.3 is 0 Å². The van der Waals surface area contributed by atoms with Gasteiger partial charge in [-0.1, -0.05) is 6.42 Å². The maximum Gasteiger partial charge on any atom is 0.164 e. The number of nitrogens with zero attached hydrogens (tertiary/aromatic N) is 4. The standard InChI is InChI=1S/C11H21N5/c1-15-6-3-2-4-10(15)5-7-16-9-13-11(8-12)14-16/h9-10H,2-8,12H2,1H3. The normalized spacial score (nSPS) is 22.5. The molecule has 1 unspecified atom stereocenters. The van der Waals surface area contributed by atoms with Crippen LogP contribution in [-0.2, 0) is 13.1 Å². The molecule has 1 aromatic rings. The van der Waals surface area contributed by atoms with Gasteiger partial charge in [0, 0.05) is 12.6 Å². The number of aryl methyl sites for hydroxylation is 1. The van der Waals surface area contributed by atoms with Crippen molar-refractivity contribution in [1.29, 1.82) is 0 Å². The molecule has 5 heteroatoms. The summed E-state index contributed by atoms with van der Waals surface area (Å²) in [6.45, 7) is 2.61. The van der Waals surface area contributed by atoms with E-state index in [9.17, 15) is 0 Å². The molecule has 2 heterocycles. The van der Waals surface area contributed by atoms with Gasteiger partial charge in [-0.05, 0) is 32.9 Å². The summed E-state index contributed by atoms with van der Waals surface area (Å²) in [6.07, 6.45) is 6.96. The Morgan fingerprint density at radius 3 is 3.06 bits per heavy atom. The topological polar surface area (TPSA) is 60.0 Å². The van der Waals surface area contributed by atoms with Gasteiger partial charge in [0.1, 0.15) is 6.33 Å². The lowest BCUT2D eigenvalue weighted by atomic mass is 10.0. The summed E-state index contributed by atoms with van der Waals surface area (Å²) in [5.74, 6) is 0.733. The molecule has 0 aliphatic carbocycles. The molecule has 1 atom stereocenters. The predicted octanol–water partition coefficient (Wildman–Crippen LogP) is 0.611. The molecule has 16 heavy (non-hydrogen) atoms. The van der Waals surface area contributed by atoms with E-state index in [4.69, 9.17) is 5.73 Å². The summed E-state index contributed by atoms with van der Waals surface area (Å²) in [6, 6.07) is 0.708. The summed E-state index contributed by atoms with van der Waals surface area (Å²) in [7, 11) is 2.22. The van der Waals surface area contributed by atoms with Crippen LogP contribution in [0.15, 0.2) is 6.33 Å². The molecule has 0 spiro atoms. The highest BCUT2D eigenvalue weighted by Gasteiger charge is 2.18. The molecule has 2 rings (SSSR count). The van der Waals surface area contributed by atoms with Crippen LogP contribution in [0.5, 0.6) is 0 Å². The molecule has 1 saturated heterocycles. The van der Waals surface area contributed by atoms with Crippen molar-refractivity contribution in [1.82, 2.24) is 19.7 Å². The van der Waals surface area contributed by atoms with Crippen molar-refractivity contribution in [2.75, 3.05) is 13.6 Å². The summed E-state index contributed by atoms with van der Waals surface area (Å²) in [5.41, 5.74) is 5.48. The highest BCUT2D eigenvalue weighted by molar-refractivity contribution is 4.80. The van der Waals surface area contributed by atoms with Crippen LogP contribution in [0, 0.1) is 0 Å². The Bertz CT molecular complexity index is 322. The largest absolute Gasteiger partial charge is 0.324 e. The van der Waals surface area contributed by atoms with Crippen LogP contribution in [0.4, 0.5) is 0 Å². The second-order valence-electron chi connectivity index (χ2n) is 4.55. The van der Waals surface area contributed by atoms with Gasteiger partial charge in [-0.25, -0.2) is 4.98 Å². The van der Waals surface area contributed by atoms with Crippen LogP contribution in [0.1, 0.15) is 31.5 Å². The highest BCUT2D eigenvalue weighted by Crippen LogP contribution is 2.18. The van der Waals surface area contributed by atoms with Crippen LogP contribution >= 0.6 is 0 Å². The first-order valence-corrected chi connectivity index (χ1v) is 6.08. The van der Waals surface area contributed by atoms with Gasteiger partial charge in [-0.3, -0.25) is 4.68 Å². The smallest absolute Gasteiger partial charge is 0.164 e. The molecule has 0 radical (unpaired) electrons. The van der Waals surface area contributed by atoms with Crippen molar-refractivity contribution in [2.24, 2.45) is 5.73 Å². The van der Waals surface area contributed by atoms with E-state index >= 15 is 0 Å². The van der Waals surface area contributed by atoms with Crippen molar-refractivity contribution >= 4 is 0 Å². The molecule has 1 aromatic heterocycles. The van der Waals surface area contributed by atoms with E-state index in [1.54, 1.807) is 6.33 Å². The Morgan fingerprint density at radius 1 is 1.50 bits per heavy atom. The maximum atomic E-state index is 5.48. The van der Waals surface area contributed by atoms with Gasteiger partial charge in [-0.15, -0.1) is 0 Å².